The van der Waals surface area contributed by atoms with E-state index in [1.165, 1.54) is 0 Å². The van der Waals surface area contributed by atoms with Gasteiger partial charge in [0.1, 0.15) is 5.75 Å². The summed E-state index contributed by atoms with van der Waals surface area (Å²) in [5.74, 6) is 0.942. The number of ether oxygens (including phenoxy) is 1. The van der Waals surface area contributed by atoms with E-state index in [9.17, 15) is 13.2 Å². The van der Waals surface area contributed by atoms with Crippen LogP contribution in [0.2, 0.25) is 0 Å². The fourth-order valence-corrected chi connectivity index (χ4v) is 4.27. The third kappa shape index (κ3) is 5.79. The van der Waals surface area contributed by atoms with Crippen LogP contribution in [-0.4, -0.2) is 30.1 Å². The largest absolute Gasteiger partial charge is 0.439 e. The lowest BCUT2D eigenvalue weighted by atomic mass is 9.86. The summed E-state index contributed by atoms with van der Waals surface area (Å²) in [5, 5.41) is 2.89. The predicted octanol–water partition coefficient (Wildman–Crippen LogP) is 4.09. The first kappa shape index (κ1) is 22.2. The van der Waals surface area contributed by atoms with Gasteiger partial charge in [-0.1, -0.05) is 18.2 Å². The van der Waals surface area contributed by atoms with Gasteiger partial charge in [-0.25, -0.2) is 18.1 Å². The summed E-state index contributed by atoms with van der Waals surface area (Å²) in [7, 11) is -3.38. The summed E-state index contributed by atoms with van der Waals surface area (Å²) in [6.07, 6.45) is 4.15. The molecule has 8 heteroatoms. The van der Waals surface area contributed by atoms with Gasteiger partial charge in [0.05, 0.1) is 16.6 Å². The fourth-order valence-electron chi connectivity index (χ4n) is 3.24. The summed E-state index contributed by atoms with van der Waals surface area (Å²) < 4.78 is 32.2. The average molecular weight is 432 g/mol. The van der Waals surface area contributed by atoms with Crippen molar-refractivity contribution in [1.82, 2.24) is 9.71 Å². The first-order chi connectivity index (χ1) is 14.1. The second-order valence-corrected chi connectivity index (χ2v) is 11.0. The number of hydrogen-bond acceptors (Lipinski definition) is 5. The molecule has 0 spiro atoms. The Kier molecular flexibility index (Phi) is 6.77. The summed E-state index contributed by atoms with van der Waals surface area (Å²) in [5.41, 5.74) is 0.607. The lowest BCUT2D eigenvalue weighted by Gasteiger charge is -2.30. The molecule has 162 valence electrons. The van der Waals surface area contributed by atoms with Gasteiger partial charge in [-0.05, 0) is 64.7 Å². The Bertz CT molecular complexity index is 946. The smallest absolute Gasteiger partial charge is 0.227 e. The molecule has 30 heavy (non-hydrogen) atoms. The van der Waals surface area contributed by atoms with Crippen LogP contribution in [0.4, 0.5) is 5.69 Å². The van der Waals surface area contributed by atoms with Gasteiger partial charge >= 0.3 is 0 Å². The molecule has 0 aliphatic heterocycles. The second kappa shape index (κ2) is 9.14. The molecular weight excluding hydrogens is 402 g/mol. The van der Waals surface area contributed by atoms with Crippen LogP contribution in [0, 0.1) is 5.92 Å². The second-order valence-electron chi connectivity index (χ2n) is 8.57. The Hall–Kier alpha value is -2.45. The molecule has 1 saturated carbocycles. The van der Waals surface area contributed by atoms with E-state index in [2.05, 4.69) is 15.0 Å². The van der Waals surface area contributed by atoms with Crippen molar-refractivity contribution in [2.75, 3.05) is 5.32 Å². The Labute approximate surface area is 178 Å². The summed E-state index contributed by atoms with van der Waals surface area (Å²) in [6, 6.07) is 12.7. The van der Waals surface area contributed by atoms with Crippen molar-refractivity contribution in [3.05, 3.63) is 48.7 Å². The molecule has 1 aliphatic rings. The number of nitrogens with zero attached hydrogens (tertiary/aromatic N) is 1. The van der Waals surface area contributed by atoms with Crippen LogP contribution in [0.25, 0.3) is 0 Å². The van der Waals surface area contributed by atoms with E-state index in [1.807, 2.05) is 30.3 Å². The minimum Gasteiger partial charge on any atom is -0.439 e. The van der Waals surface area contributed by atoms with E-state index in [-0.39, 0.29) is 17.9 Å². The number of benzene rings is 1. The van der Waals surface area contributed by atoms with Crippen LogP contribution >= 0.6 is 0 Å². The highest BCUT2D eigenvalue weighted by Crippen LogP contribution is 2.28. The number of nitrogens with one attached hydrogen (secondary N) is 2. The highest BCUT2D eigenvalue weighted by Gasteiger charge is 2.34. The van der Waals surface area contributed by atoms with Gasteiger partial charge in [0.2, 0.25) is 21.8 Å². The van der Waals surface area contributed by atoms with Crippen molar-refractivity contribution < 1.29 is 17.9 Å². The molecule has 0 bridgehead atoms. The third-order valence-corrected chi connectivity index (χ3v) is 7.45. The van der Waals surface area contributed by atoms with Gasteiger partial charge < -0.3 is 10.1 Å². The molecule has 0 radical (unpaired) electrons. The van der Waals surface area contributed by atoms with Crippen LogP contribution in [0.5, 0.6) is 11.6 Å². The molecule has 0 atom stereocenters. The molecule has 2 aromatic rings. The molecule has 3 rings (SSSR count). The van der Waals surface area contributed by atoms with Crippen molar-refractivity contribution >= 4 is 21.6 Å². The van der Waals surface area contributed by atoms with Crippen molar-refractivity contribution in [3.8, 4) is 11.6 Å². The number of amides is 1. The number of pyridine rings is 1. The monoisotopic (exact) mass is 431 g/mol. The maximum absolute atomic E-state index is 12.6. The maximum atomic E-state index is 12.6. The topological polar surface area (TPSA) is 97.4 Å². The zero-order valence-corrected chi connectivity index (χ0v) is 18.4. The van der Waals surface area contributed by atoms with E-state index in [0.717, 1.165) is 0 Å². The average Bonchev–Trinajstić information content (AvgIpc) is 2.70. The number of carbonyl (C=O) groups is 1. The molecule has 1 aromatic carbocycles. The number of para-hydroxylation sites is 1. The first-order valence-electron chi connectivity index (χ1n) is 10.2. The van der Waals surface area contributed by atoms with Crippen LogP contribution in [0.15, 0.2) is 48.7 Å². The highest BCUT2D eigenvalue weighted by atomic mass is 32.2. The summed E-state index contributed by atoms with van der Waals surface area (Å²) in [6.45, 7) is 5.04. The fraction of sp³-hybridized carbons (Fsp3) is 0.455. The van der Waals surface area contributed by atoms with Gasteiger partial charge in [0.15, 0.2) is 0 Å². The molecular formula is C22H29N3O4S. The Morgan fingerprint density at radius 1 is 1.03 bits per heavy atom. The molecule has 1 heterocycles. The number of anilines is 1. The van der Waals surface area contributed by atoms with E-state index in [0.29, 0.717) is 43.0 Å². The van der Waals surface area contributed by atoms with Crippen LogP contribution in [0.3, 0.4) is 0 Å². The standard InChI is InChI=1S/C22H29N3O4S/c1-22(2,3)30(27,28)25-17-11-9-16(10-12-17)21(26)24-18-13-14-20(23-15-18)29-19-7-5-4-6-8-19/h4-8,13-17,25H,9-12H2,1-3H3,(H,24,26). The van der Waals surface area contributed by atoms with E-state index >= 15 is 0 Å². The van der Waals surface area contributed by atoms with Gasteiger partial charge in [0.25, 0.3) is 0 Å². The summed E-state index contributed by atoms with van der Waals surface area (Å²) >= 11 is 0. The predicted molar refractivity (Wildman–Crippen MR) is 117 cm³/mol. The molecule has 1 fully saturated rings. The van der Waals surface area contributed by atoms with Crippen molar-refractivity contribution in [2.24, 2.45) is 5.92 Å². The minimum atomic E-state index is -3.38. The zero-order valence-electron chi connectivity index (χ0n) is 17.6. The zero-order chi connectivity index (χ0) is 21.8. The third-order valence-electron chi connectivity index (χ3n) is 5.20. The van der Waals surface area contributed by atoms with Crippen LogP contribution < -0.4 is 14.8 Å². The molecule has 7 nitrogen and oxygen atoms in total. The van der Waals surface area contributed by atoms with Crippen LogP contribution in [-0.2, 0) is 14.8 Å². The lowest BCUT2D eigenvalue weighted by Crippen LogP contribution is -2.46. The van der Waals surface area contributed by atoms with E-state index in [4.69, 9.17) is 4.74 Å². The minimum absolute atomic E-state index is 0.0642. The van der Waals surface area contributed by atoms with Gasteiger partial charge in [-0.15, -0.1) is 0 Å². The quantitative estimate of drug-likeness (QED) is 0.718. The molecule has 0 unspecified atom stereocenters. The maximum Gasteiger partial charge on any atom is 0.227 e. The van der Waals surface area contributed by atoms with Gasteiger partial charge in [-0.3, -0.25) is 4.79 Å². The van der Waals surface area contributed by atoms with Crippen molar-refractivity contribution in [2.45, 2.75) is 57.2 Å². The molecule has 0 saturated heterocycles. The number of hydrogen-bond donors (Lipinski definition) is 2. The van der Waals surface area contributed by atoms with Crippen LogP contribution in [0.1, 0.15) is 46.5 Å². The van der Waals surface area contributed by atoms with Gasteiger partial charge in [0, 0.05) is 18.0 Å². The van der Waals surface area contributed by atoms with Gasteiger partial charge in [-0.2, -0.15) is 0 Å². The number of carbonyl (C=O) groups excluding carboxylic acids is 1. The number of rotatable bonds is 6. The molecule has 1 amide bonds. The highest BCUT2D eigenvalue weighted by molar-refractivity contribution is 7.90. The van der Waals surface area contributed by atoms with E-state index in [1.54, 1.807) is 39.1 Å². The number of sulfonamides is 1. The van der Waals surface area contributed by atoms with Crippen molar-refractivity contribution in [1.29, 1.82) is 0 Å². The SMILES string of the molecule is CC(C)(C)S(=O)(=O)NC1CCC(C(=O)Nc2ccc(Oc3ccccc3)nc2)CC1. The molecule has 2 N–H and O–H groups in total. The lowest BCUT2D eigenvalue weighted by molar-refractivity contribution is -0.120. The molecule has 1 aliphatic carbocycles. The first-order valence-corrected chi connectivity index (χ1v) is 11.6. The molecule has 1 aromatic heterocycles. The Morgan fingerprint density at radius 2 is 1.70 bits per heavy atom. The summed E-state index contributed by atoms with van der Waals surface area (Å²) in [4.78, 5) is 16.8. The normalized spacial score (nSPS) is 19.8. The Morgan fingerprint density at radius 3 is 2.27 bits per heavy atom. The van der Waals surface area contributed by atoms with E-state index < -0.39 is 14.8 Å². The Balaban J connectivity index is 1.49. The van der Waals surface area contributed by atoms with Crippen molar-refractivity contribution in [3.63, 3.8) is 0 Å². The number of aromatic nitrogens is 1.